The Kier molecular flexibility index (Phi) is 2.85. The van der Waals surface area contributed by atoms with Gasteiger partial charge in [-0.3, -0.25) is 4.79 Å². The summed E-state index contributed by atoms with van der Waals surface area (Å²) in [5, 5.41) is 1.99. The second-order valence-electron chi connectivity index (χ2n) is 3.66. The van der Waals surface area contributed by atoms with Crippen molar-refractivity contribution < 1.29 is 36.3 Å². The summed E-state index contributed by atoms with van der Waals surface area (Å²) >= 11 is 0. The predicted molar refractivity (Wildman–Crippen MR) is 88.0 cm³/mol. The summed E-state index contributed by atoms with van der Waals surface area (Å²) in [5.74, 6) is -1.79. The van der Waals surface area contributed by atoms with Gasteiger partial charge in [-0.1, -0.05) is 57.8 Å². The first-order valence-electron chi connectivity index (χ1n) is 17.3. The molecule has 20 heavy (non-hydrogen) atoms. The third-order valence-corrected chi connectivity index (χ3v) is 1.74. The monoisotopic (exact) mass is 307 g/mol. The van der Waals surface area contributed by atoms with Crippen molar-refractivity contribution in [1.82, 2.24) is 10.2 Å². The van der Waals surface area contributed by atoms with E-state index in [1.165, 1.54) is 0 Å². The van der Waals surface area contributed by atoms with Crippen LogP contribution in [0.25, 0.3) is 0 Å². The van der Waals surface area contributed by atoms with Crippen molar-refractivity contribution in [3.63, 3.8) is 0 Å². The number of nitrogens with one attached hydrogen (secondary N) is 1. The maximum absolute atomic E-state index is 12.5. The van der Waals surface area contributed by atoms with Crippen molar-refractivity contribution in [2.45, 2.75) is 77.0 Å². The summed E-state index contributed by atoms with van der Waals surface area (Å²) < 4.78 is 181. The number of carbonyl (C=O) groups excluding carboxylic acids is 1. The van der Waals surface area contributed by atoms with Crippen molar-refractivity contribution >= 4 is 5.91 Å². The highest BCUT2D eigenvalue weighted by molar-refractivity contribution is 5.75. The summed E-state index contributed by atoms with van der Waals surface area (Å²) in [5.41, 5.74) is 0. The first kappa shape index (κ1) is 3.84. The van der Waals surface area contributed by atoms with Gasteiger partial charge in [-0.05, 0) is 33.4 Å². The van der Waals surface area contributed by atoms with Crippen LogP contribution in [0, 0.1) is 0 Å². The van der Waals surface area contributed by atoms with Gasteiger partial charge in [0, 0.05) is 44.4 Å². The third kappa shape index (κ3) is 15.5. The maximum Gasteiger partial charge on any atom is 0.219 e. The molecule has 0 atom stereocenters. The quantitative estimate of drug-likeness (QED) is 0.492. The predicted octanol–water partition coefficient (Wildman–Crippen LogP) is 3.98. The van der Waals surface area contributed by atoms with Crippen molar-refractivity contribution in [2.24, 2.45) is 0 Å². The minimum atomic E-state index is -4.77. The molecule has 0 spiro atoms. The smallest absolute Gasteiger partial charge is 0.219 e. The molecule has 0 saturated heterocycles. The molecule has 0 aromatic heterocycles. The van der Waals surface area contributed by atoms with E-state index >= 15 is 0 Å². The lowest BCUT2D eigenvalue weighted by atomic mass is 10.1. The maximum atomic E-state index is 12.5. The van der Waals surface area contributed by atoms with Gasteiger partial charge in [0.05, 0.1) is 0 Å². The Morgan fingerprint density at radius 1 is 1.05 bits per heavy atom. The first-order chi connectivity index (χ1) is 18.3. The number of carbonyl (C=O) groups is 1. The van der Waals surface area contributed by atoms with E-state index in [9.17, 15) is 4.79 Å². The van der Waals surface area contributed by atoms with Crippen molar-refractivity contribution in [3.05, 3.63) is 0 Å². The van der Waals surface area contributed by atoms with Crippen LogP contribution in [0.1, 0.15) is 109 Å². The molecular weight excluding hydrogens is 248 g/mol. The molecule has 0 bridgehead atoms. The largest absolute Gasteiger partial charge is 0.356 e. The van der Waals surface area contributed by atoms with Crippen LogP contribution in [-0.4, -0.2) is 38.0 Å². The second kappa shape index (κ2) is 14.8. The van der Waals surface area contributed by atoms with Crippen LogP contribution in [0.3, 0.4) is 0 Å². The van der Waals surface area contributed by atoms with Gasteiger partial charge in [0.2, 0.25) is 5.91 Å². The van der Waals surface area contributed by atoms with E-state index < -0.39 is 76.5 Å². The van der Waals surface area contributed by atoms with Gasteiger partial charge >= 0.3 is 0 Å². The van der Waals surface area contributed by atoms with Crippen LogP contribution in [-0.2, 0) is 4.79 Å². The van der Waals surface area contributed by atoms with E-state index in [1.54, 1.807) is 19.0 Å². The minimum absolute atomic E-state index is 0.221. The number of rotatable bonds is 14. The van der Waals surface area contributed by atoms with Gasteiger partial charge in [0.1, 0.15) is 0 Å². The molecule has 120 valence electrons. The molecular formula is C17H36N2O. The second-order valence-corrected chi connectivity index (χ2v) is 3.66. The van der Waals surface area contributed by atoms with E-state index in [0.717, 1.165) is 0 Å². The van der Waals surface area contributed by atoms with Gasteiger partial charge in [-0.25, -0.2) is 0 Å². The highest BCUT2D eigenvalue weighted by atomic mass is 16.1. The fourth-order valence-electron chi connectivity index (χ4n) is 0.948. The number of hydrogen-bond acceptors (Lipinski definition) is 2. The average Bonchev–Trinajstić information content (AvgIpc) is 2.79. The Morgan fingerprint density at radius 2 is 1.65 bits per heavy atom. The van der Waals surface area contributed by atoms with Crippen LogP contribution in [0.2, 0.25) is 0 Å². The van der Waals surface area contributed by atoms with Crippen LogP contribution >= 0.6 is 0 Å². The lowest BCUT2D eigenvalue weighted by Gasteiger charge is -2.09. The van der Waals surface area contributed by atoms with E-state index in [-0.39, 0.29) is 13.0 Å². The molecule has 1 amide bonds. The third-order valence-electron chi connectivity index (χ3n) is 1.74. The molecule has 0 aliphatic rings. The molecule has 3 heteroatoms. The molecule has 0 unspecified atom stereocenters. The summed E-state index contributed by atoms with van der Waals surface area (Å²) in [6, 6.07) is 0. The van der Waals surface area contributed by atoms with Crippen LogP contribution in [0.15, 0.2) is 0 Å². The molecule has 3 nitrogen and oxygen atoms in total. The molecule has 0 rings (SSSR count). The number of nitrogens with zero attached hydrogens (tertiary/aromatic N) is 1. The fourth-order valence-corrected chi connectivity index (χ4v) is 0.948. The van der Waals surface area contributed by atoms with Crippen LogP contribution < -0.4 is 5.32 Å². The zero-order chi connectivity index (χ0) is 35.5. The number of hydrogen-bond donors (Lipinski definition) is 1. The Morgan fingerprint density at radius 3 is 2.25 bits per heavy atom. The molecule has 0 aliphatic carbocycles. The molecule has 0 aliphatic heterocycles. The van der Waals surface area contributed by atoms with Gasteiger partial charge in [0.25, 0.3) is 0 Å². The lowest BCUT2D eigenvalue weighted by molar-refractivity contribution is -0.121. The number of amides is 1. The summed E-state index contributed by atoms with van der Waals surface area (Å²) in [4.78, 5) is 14.2. The van der Waals surface area contributed by atoms with E-state index in [0.29, 0.717) is 6.54 Å². The lowest BCUT2D eigenvalue weighted by Crippen LogP contribution is -2.26. The van der Waals surface area contributed by atoms with Gasteiger partial charge in [-0.15, -0.1) is 0 Å². The van der Waals surface area contributed by atoms with Crippen LogP contribution in [0.4, 0.5) is 0 Å². The molecule has 0 fully saturated rings. The van der Waals surface area contributed by atoms with Crippen molar-refractivity contribution in [3.8, 4) is 0 Å². The molecule has 0 saturated carbocycles. The van der Waals surface area contributed by atoms with Gasteiger partial charge < -0.3 is 10.2 Å². The zero-order valence-corrected chi connectivity index (χ0v) is 11.5. The highest BCUT2D eigenvalue weighted by Crippen LogP contribution is 2.10. The Labute approximate surface area is 158 Å². The van der Waals surface area contributed by atoms with Crippen molar-refractivity contribution in [2.75, 3.05) is 27.2 Å². The normalized spacial score (nSPS) is 35.9. The van der Waals surface area contributed by atoms with Crippen molar-refractivity contribution in [1.29, 1.82) is 0 Å². The van der Waals surface area contributed by atoms with E-state index in [2.05, 4.69) is 0 Å². The molecule has 0 aromatic rings. The Hall–Kier alpha value is -0.570. The van der Waals surface area contributed by atoms with E-state index in [4.69, 9.17) is 31.5 Å². The highest BCUT2D eigenvalue weighted by Gasteiger charge is 2.00. The molecule has 0 radical (unpaired) electrons. The Bertz CT molecular complexity index is 998. The van der Waals surface area contributed by atoms with E-state index in [1.807, 2.05) is 5.32 Å². The van der Waals surface area contributed by atoms with Gasteiger partial charge in [-0.2, -0.15) is 0 Å². The Balaban J connectivity index is 6.96. The SMILES string of the molecule is [2H]C([2H])([2H])C([2H])([2H])C([2H])([2H])C([2H])([2H])C([2H])([2H])C([2H])([2H])C([2H])([2H])C([2H])([2H])C([2H])([2H])C([2H])([2H])C([2H])([2H])C(=O)NCCCN(C)C. The fraction of sp³-hybridized carbons (Fsp3) is 0.941. The molecule has 1 N–H and O–H groups in total. The van der Waals surface area contributed by atoms with Gasteiger partial charge in [0.15, 0.2) is 0 Å². The van der Waals surface area contributed by atoms with Crippen LogP contribution in [0.5, 0.6) is 0 Å². The first-order valence-corrected chi connectivity index (χ1v) is 5.77. The minimum Gasteiger partial charge on any atom is -0.356 e. The summed E-state index contributed by atoms with van der Waals surface area (Å²) in [6.07, 6.45) is -45.0. The topological polar surface area (TPSA) is 32.3 Å². The standard InChI is InChI=1S/C17H36N2O/c1-4-5-6-7-8-9-10-11-12-14-17(20)18-15-13-16-19(2)3/h4-16H2,1-3H3,(H,18,20)/i1D3,4D2,5D2,6D2,7D2,8D2,9D2,10D2,11D2,12D2,14D2. The molecule has 0 aromatic carbocycles. The summed E-state index contributed by atoms with van der Waals surface area (Å²) in [6.45, 7) is -3.84. The summed E-state index contributed by atoms with van der Waals surface area (Å²) in [7, 11) is 3.35. The zero-order valence-electron chi connectivity index (χ0n) is 34.5. The molecule has 0 heterocycles. The average molecular weight is 308 g/mol.